The second kappa shape index (κ2) is 9.77. The van der Waals surface area contributed by atoms with Crippen LogP contribution in [0.3, 0.4) is 0 Å². The lowest BCUT2D eigenvalue weighted by Crippen LogP contribution is -2.43. The first-order valence-electron chi connectivity index (χ1n) is 14.8. The van der Waals surface area contributed by atoms with Crippen LogP contribution in [-0.2, 0) is 11.2 Å². The molecular formula is C33H46F5NO2S. The van der Waals surface area contributed by atoms with Crippen LogP contribution in [0.15, 0.2) is 35.2 Å². The molecule has 4 rings (SSSR count). The Labute approximate surface area is 247 Å². The van der Waals surface area contributed by atoms with Gasteiger partial charge in [0, 0.05) is 22.5 Å². The first kappa shape index (κ1) is 32.9. The Morgan fingerprint density at radius 1 is 1.00 bits per heavy atom. The second-order valence-electron chi connectivity index (χ2n) is 14.8. The number of aliphatic hydroxyl groups is 1. The fraction of sp³-hybridized carbons (Fsp3) is 0.606. The number of ether oxygens (including phenoxy) is 1. The van der Waals surface area contributed by atoms with Crippen LogP contribution in [0.5, 0.6) is 0 Å². The van der Waals surface area contributed by atoms with E-state index in [0.717, 1.165) is 60.2 Å². The molecule has 0 saturated carbocycles. The predicted octanol–water partition coefficient (Wildman–Crippen LogP) is 11.4. The van der Waals surface area contributed by atoms with Gasteiger partial charge in [-0.25, -0.2) is 0 Å². The Hall–Kier alpha value is -1.97. The molecule has 1 N–H and O–H groups in total. The van der Waals surface area contributed by atoms with Gasteiger partial charge in [0.05, 0.1) is 11.7 Å². The van der Waals surface area contributed by atoms with Gasteiger partial charge in [0.1, 0.15) is 11.0 Å². The summed E-state index contributed by atoms with van der Waals surface area (Å²) in [6, 6.07) is 2.65. The van der Waals surface area contributed by atoms with Crippen LogP contribution >= 0.6 is 10.2 Å². The lowest BCUT2D eigenvalue weighted by molar-refractivity contribution is -0.145. The molecule has 2 aromatic rings. The van der Waals surface area contributed by atoms with Gasteiger partial charge >= 0.3 is 10.2 Å². The number of hydrogen-bond donors (Lipinski definition) is 1. The van der Waals surface area contributed by atoms with E-state index >= 15 is 0 Å². The van der Waals surface area contributed by atoms with Crippen molar-refractivity contribution < 1.29 is 29.3 Å². The van der Waals surface area contributed by atoms with Crippen molar-refractivity contribution in [2.45, 2.75) is 123 Å². The predicted molar refractivity (Wildman–Crippen MR) is 162 cm³/mol. The molecule has 1 heterocycles. The molecule has 0 aliphatic heterocycles. The lowest BCUT2D eigenvalue weighted by Gasteiger charge is -2.46. The molecular weight excluding hydrogens is 569 g/mol. The zero-order valence-corrected chi connectivity index (χ0v) is 27.1. The number of pyridine rings is 1. The lowest BCUT2D eigenvalue weighted by atomic mass is 9.70. The zero-order chi connectivity index (χ0) is 31.7. The number of benzene rings is 1. The first-order chi connectivity index (χ1) is 18.8. The molecule has 1 aromatic carbocycles. The topological polar surface area (TPSA) is 42.4 Å². The van der Waals surface area contributed by atoms with Crippen LogP contribution < -0.4 is 0 Å². The van der Waals surface area contributed by atoms with E-state index < -0.39 is 26.8 Å². The van der Waals surface area contributed by atoms with E-state index in [1.54, 1.807) is 0 Å². The third-order valence-electron chi connectivity index (χ3n) is 9.15. The van der Waals surface area contributed by atoms with E-state index in [9.17, 15) is 24.5 Å². The molecule has 1 aromatic heterocycles. The summed E-state index contributed by atoms with van der Waals surface area (Å²) < 4.78 is 74.3. The third-order valence-corrected chi connectivity index (χ3v) is 10.3. The van der Waals surface area contributed by atoms with Crippen molar-refractivity contribution in [2.24, 2.45) is 10.8 Å². The Kier molecular flexibility index (Phi) is 7.66. The molecule has 0 fully saturated rings. The molecule has 0 radical (unpaired) electrons. The summed E-state index contributed by atoms with van der Waals surface area (Å²) in [6.45, 7) is 18.9. The van der Waals surface area contributed by atoms with Gasteiger partial charge < -0.3 is 9.84 Å². The fourth-order valence-electron chi connectivity index (χ4n) is 5.96. The third kappa shape index (κ3) is 6.58. The van der Waals surface area contributed by atoms with E-state index in [-0.39, 0.29) is 28.4 Å². The van der Waals surface area contributed by atoms with Crippen LogP contribution in [-0.4, -0.2) is 15.7 Å². The van der Waals surface area contributed by atoms with Gasteiger partial charge in [0.25, 0.3) is 0 Å². The molecule has 2 aliphatic rings. The van der Waals surface area contributed by atoms with Gasteiger partial charge in [-0.1, -0.05) is 86.1 Å². The second-order valence-corrected chi connectivity index (χ2v) is 17.2. The van der Waals surface area contributed by atoms with Crippen LogP contribution in [0.4, 0.5) is 19.4 Å². The highest BCUT2D eigenvalue weighted by molar-refractivity contribution is 8.45. The first-order valence-corrected chi connectivity index (χ1v) is 16.7. The summed E-state index contributed by atoms with van der Waals surface area (Å²) >= 11 is 0. The van der Waals surface area contributed by atoms with Gasteiger partial charge in [-0.05, 0) is 91.5 Å². The number of fused-ring (bicyclic) bond motifs is 1. The summed E-state index contributed by atoms with van der Waals surface area (Å²) in [7, 11) is -9.85. The standard InChI is InChI=1S/C33H46F5NO2S/c1-20(2)29-28(30(40)22-14-16-23(17-15-22)42(34,35,36,37)38)26(21-12-10-11-13-21)27-24(39-29)18-32(6,7)19-25(27)41-33(8,9)31(3,4)5/h12,14-17,20,25,30,40H,10-11,13,18-19H2,1-9H3/t25-,30?/m0/s1. The number of aromatic nitrogens is 1. The van der Waals surface area contributed by atoms with Crippen molar-refractivity contribution >= 4 is 15.8 Å². The molecule has 0 spiro atoms. The number of hydrogen-bond acceptors (Lipinski definition) is 3. The van der Waals surface area contributed by atoms with E-state index in [4.69, 9.17) is 9.72 Å². The smallest absolute Gasteiger partial charge is 0.310 e. The summed E-state index contributed by atoms with van der Waals surface area (Å²) in [5.74, 6) is -0.111. The van der Waals surface area contributed by atoms with Gasteiger partial charge in [-0.15, -0.1) is 0 Å². The molecule has 2 aliphatic carbocycles. The van der Waals surface area contributed by atoms with Crippen molar-refractivity contribution in [2.75, 3.05) is 0 Å². The summed E-state index contributed by atoms with van der Waals surface area (Å²) in [6.07, 6.45) is 4.53. The van der Waals surface area contributed by atoms with Crippen molar-refractivity contribution in [3.63, 3.8) is 0 Å². The molecule has 42 heavy (non-hydrogen) atoms. The minimum atomic E-state index is -9.85. The molecule has 2 atom stereocenters. The fourth-order valence-corrected chi connectivity index (χ4v) is 6.61. The van der Waals surface area contributed by atoms with Gasteiger partial charge in [-0.2, -0.15) is 0 Å². The number of aliphatic hydroxyl groups excluding tert-OH is 1. The number of rotatable bonds is 7. The maximum absolute atomic E-state index is 13.5. The Morgan fingerprint density at radius 2 is 1.60 bits per heavy atom. The normalized spacial score (nSPS) is 21.9. The summed E-state index contributed by atoms with van der Waals surface area (Å²) in [5, 5.41) is 11.9. The molecule has 0 amide bonds. The SMILES string of the molecule is CC(C)c1nc2c(c(C3=CCCC3)c1C(O)c1ccc(S(F)(F)(F)(F)F)cc1)[C@@H](OC(C)(C)C(C)(C)C)CC(C)(C)C2. The van der Waals surface area contributed by atoms with Crippen LogP contribution in [0, 0.1) is 10.8 Å². The highest BCUT2D eigenvalue weighted by Gasteiger charge is 2.65. The Bertz CT molecular complexity index is 1390. The molecule has 0 bridgehead atoms. The monoisotopic (exact) mass is 615 g/mol. The Balaban J connectivity index is 1.99. The minimum absolute atomic E-state index is 0.101. The van der Waals surface area contributed by atoms with E-state index in [1.165, 1.54) is 0 Å². The minimum Gasteiger partial charge on any atom is -0.384 e. The van der Waals surface area contributed by atoms with E-state index in [1.807, 2.05) is 13.8 Å². The number of halogens is 5. The molecule has 236 valence electrons. The largest absolute Gasteiger partial charge is 0.384 e. The number of allylic oxidation sites excluding steroid dienone is 2. The number of nitrogens with zero attached hydrogens (tertiary/aromatic N) is 1. The van der Waals surface area contributed by atoms with Crippen LogP contribution in [0.25, 0.3) is 5.57 Å². The van der Waals surface area contributed by atoms with Crippen molar-refractivity contribution in [1.29, 1.82) is 0 Å². The van der Waals surface area contributed by atoms with Crippen molar-refractivity contribution in [3.05, 3.63) is 64.0 Å². The van der Waals surface area contributed by atoms with E-state index in [0.29, 0.717) is 29.8 Å². The molecule has 0 saturated heterocycles. The molecule has 3 nitrogen and oxygen atoms in total. The van der Waals surface area contributed by atoms with Crippen LogP contribution in [0.1, 0.15) is 140 Å². The average Bonchev–Trinajstić information content (AvgIpc) is 3.34. The van der Waals surface area contributed by atoms with Crippen LogP contribution in [0.2, 0.25) is 0 Å². The van der Waals surface area contributed by atoms with Gasteiger partial charge in [0.2, 0.25) is 0 Å². The zero-order valence-electron chi connectivity index (χ0n) is 26.3. The highest BCUT2D eigenvalue weighted by Crippen LogP contribution is 3.02. The average molecular weight is 616 g/mol. The summed E-state index contributed by atoms with van der Waals surface area (Å²) in [4.78, 5) is 3.17. The van der Waals surface area contributed by atoms with Gasteiger partial charge in [0.15, 0.2) is 0 Å². The Morgan fingerprint density at radius 3 is 2.07 bits per heavy atom. The molecule has 9 heteroatoms. The summed E-state index contributed by atoms with van der Waals surface area (Å²) in [5.41, 5.74) is 4.27. The maximum Gasteiger partial charge on any atom is 0.310 e. The van der Waals surface area contributed by atoms with Crippen molar-refractivity contribution in [3.8, 4) is 0 Å². The maximum atomic E-state index is 13.5. The van der Waals surface area contributed by atoms with Crippen molar-refractivity contribution in [1.82, 2.24) is 4.98 Å². The highest BCUT2D eigenvalue weighted by atomic mass is 32.5. The molecule has 1 unspecified atom stereocenters. The van der Waals surface area contributed by atoms with E-state index in [2.05, 4.69) is 54.5 Å². The van der Waals surface area contributed by atoms with Gasteiger partial charge in [-0.3, -0.25) is 4.98 Å². The quantitative estimate of drug-likeness (QED) is 0.315.